The van der Waals surface area contributed by atoms with Gasteiger partial charge in [0.05, 0.1) is 18.6 Å². The molecule has 0 N–H and O–H groups in total. The highest BCUT2D eigenvalue weighted by molar-refractivity contribution is 7.91. The van der Waals surface area contributed by atoms with E-state index in [1.165, 1.54) is 0 Å². The summed E-state index contributed by atoms with van der Waals surface area (Å²) >= 11 is 6.24. The Morgan fingerprint density at radius 2 is 1.71 bits per heavy atom. The van der Waals surface area contributed by atoms with E-state index in [-0.39, 0.29) is 9.92 Å². The molecular formula is C29H28ClN3O4S. The maximum absolute atomic E-state index is 14.2. The van der Waals surface area contributed by atoms with Gasteiger partial charge in [-0.15, -0.1) is 0 Å². The second-order valence-corrected chi connectivity index (χ2v) is 11.5. The Hall–Kier alpha value is -3.59. The summed E-state index contributed by atoms with van der Waals surface area (Å²) in [5.74, 6) is 0.976. The predicted molar refractivity (Wildman–Crippen MR) is 150 cm³/mol. The predicted octanol–water partition coefficient (Wildman–Crippen LogP) is 5.67. The molecule has 0 saturated carbocycles. The molecular weight excluding hydrogens is 522 g/mol. The van der Waals surface area contributed by atoms with Gasteiger partial charge in [0.2, 0.25) is 9.84 Å². The monoisotopic (exact) mass is 549 g/mol. The summed E-state index contributed by atoms with van der Waals surface area (Å²) in [5.41, 5.74) is 1.45. The molecule has 9 heteroatoms. The first-order valence-corrected chi connectivity index (χ1v) is 14.0. The third kappa shape index (κ3) is 5.07. The molecule has 5 rings (SSSR count). The second-order valence-electron chi connectivity index (χ2n) is 9.25. The van der Waals surface area contributed by atoms with Gasteiger partial charge in [-0.25, -0.2) is 8.42 Å². The Morgan fingerprint density at radius 1 is 0.947 bits per heavy atom. The zero-order chi connectivity index (χ0) is 26.9. The van der Waals surface area contributed by atoms with Crippen molar-refractivity contribution < 1.29 is 17.9 Å². The SMILES string of the molecule is COc1cc(OCCN(C)C)c2c(c1)c(S(=O)(=O)c1cccc3ccccc13)nn2Cc1cccc(Cl)c1. The maximum Gasteiger partial charge on any atom is 0.226 e. The molecule has 5 aromatic rings. The Bertz CT molecular complexity index is 1730. The van der Waals surface area contributed by atoms with Crippen LogP contribution in [0.2, 0.25) is 5.02 Å². The van der Waals surface area contributed by atoms with Gasteiger partial charge in [0.25, 0.3) is 0 Å². The minimum absolute atomic E-state index is 0.0535. The smallest absolute Gasteiger partial charge is 0.226 e. The van der Waals surface area contributed by atoms with Crippen molar-refractivity contribution in [2.24, 2.45) is 0 Å². The number of sulfone groups is 1. The van der Waals surface area contributed by atoms with Crippen molar-refractivity contribution in [1.82, 2.24) is 14.7 Å². The van der Waals surface area contributed by atoms with Crippen molar-refractivity contribution in [2.45, 2.75) is 16.5 Å². The summed E-state index contributed by atoms with van der Waals surface area (Å²) in [6.45, 7) is 1.39. The molecule has 1 heterocycles. The molecule has 38 heavy (non-hydrogen) atoms. The van der Waals surface area contributed by atoms with Gasteiger partial charge in [-0.05, 0) is 49.3 Å². The Balaban J connectivity index is 1.75. The highest BCUT2D eigenvalue weighted by Gasteiger charge is 2.29. The van der Waals surface area contributed by atoms with Gasteiger partial charge in [-0.3, -0.25) is 4.68 Å². The van der Waals surface area contributed by atoms with Crippen LogP contribution in [-0.2, 0) is 16.4 Å². The Labute approximate surface area is 227 Å². The first-order valence-electron chi connectivity index (χ1n) is 12.1. The van der Waals surface area contributed by atoms with E-state index in [9.17, 15) is 8.42 Å². The van der Waals surface area contributed by atoms with E-state index in [1.807, 2.05) is 67.5 Å². The number of rotatable bonds is 9. The quantitative estimate of drug-likeness (QED) is 0.236. The summed E-state index contributed by atoms with van der Waals surface area (Å²) in [7, 11) is 1.44. The second kappa shape index (κ2) is 10.6. The summed E-state index contributed by atoms with van der Waals surface area (Å²) in [6.07, 6.45) is 0. The summed E-state index contributed by atoms with van der Waals surface area (Å²) in [4.78, 5) is 2.21. The van der Waals surface area contributed by atoms with Gasteiger partial charge >= 0.3 is 0 Å². The van der Waals surface area contributed by atoms with Crippen molar-refractivity contribution in [3.63, 3.8) is 0 Å². The lowest BCUT2D eigenvalue weighted by atomic mass is 10.1. The number of hydrogen-bond donors (Lipinski definition) is 0. The Kier molecular flexibility index (Phi) is 7.29. The topological polar surface area (TPSA) is 73.7 Å². The van der Waals surface area contributed by atoms with E-state index >= 15 is 0 Å². The third-order valence-corrected chi connectivity index (χ3v) is 8.28. The molecule has 7 nitrogen and oxygen atoms in total. The standard InChI is InChI=1S/C29H28ClN3O4S/c1-32(2)14-15-37-26-18-23(36-3)17-25-28(26)33(19-20-8-6-11-22(30)16-20)31-29(25)38(34,35)27-13-7-10-21-9-4-5-12-24(21)27/h4-13,16-18H,14-15,19H2,1-3H3. The van der Waals surface area contributed by atoms with Crippen molar-refractivity contribution >= 4 is 43.1 Å². The molecule has 0 unspecified atom stereocenters. The fourth-order valence-corrected chi connectivity index (χ4v) is 6.25. The van der Waals surface area contributed by atoms with Crippen LogP contribution in [-0.4, -0.2) is 57.5 Å². The van der Waals surface area contributed by atoms with Gasteiger partial charge < -0.3 is 14.4 Å². The van der Waals surface area contributed by atoms with Crippen LogP contribution in [0.1, 0.15) is 5.56 Å². The normalized spacial score (nSPS) is 11.9. The van der Waals surface area contributed by atoms with Gasteiger partial charge in [0, 0.05) is 28.4 Å². The number of ether oxygens (including phenoxy) is 2. The molecule has 0 spiro atoms. The zero-order valence-corrected chi connectivity index (χ0v) is 23.0. The highest BCUT2D eigenvalue weighted by atomic mass is 35.5. The summed E-state index contributed by atoms with van der Waals surface area (Å²) in [5, 5.41) is 7.13. The molecule has 1 aromatic heterocycles. The van der Waals surface area contributed by atoms with Gasteiger partial charge in [0.1, 0.15) is 23.6 Å². The number of fused-ring (bicyclic) bond motifs is 2. The van der Waals surface area contributed by atoms with E-state index in [0.717, 1.165) is 10.9 Å². The van der Waals surface area contributed by atoms with Gasteiger partial charge in [-0.1, -0.05) is 60.1 Å². The minimum Gasteiger partial charge on any atom is -0.497 e. The van der Waals surface area contributed by atoms with Gasteiger partial charge in [-0.2, -0.15) is 5.10 Å². The highest BCUT2D eigenvalue weighted by Crippen LogP contribution is 2.38. The molecule has 0 bridgehead atoms. The van der Waals surface area contributed by atoms with E-state index in [0.29, 0.717) is 52.5 Å². The number of benzene rings is 4. The van der Waals surface area contributed by atoms with Gasteiger partial charge in [0.15, 0.2) is 5.03 Å². The summed E-state index contributed by atoms with van der Waals surface area (Å²) < 4.78 is 41.8. The van der Waals surface area contributed by atoms with E-state index < -0.39 is 9.84 Å². The van der Waals surface area contributed by atoms with Crippen LogP contribution in [0, 0.1) is 0 Å². The lowest BCUT2D eigenvalue weighted by Gasteiger charge is -2.14. The number of halogens is 1. The number of nitrogens with zero attached hydrogens (tertiary/aromatic N) is 3. The molecule has 0 aliphatic carbocycles. The van der Waals surface area contributed by atoms with Crippen LogP contribution >= 0.6 is 11.6 Å². The van der Waals surface area contributed by atoms with Crippen molar-refractivity contribution in [3.8, 4) is 11.5 Å². The largest absolute Gasteiger partial charge is 0.497 e. The zero-order valence-electron chi connectivity index (χ0n) is 21.4. The number of hydrogen-bond acceptors (Lipinski definition) is 6. The van der Waals surface area contributed by atoms with Crippen molar-refractivity contribution in [2.75, 3.05) is 34.4 Å². The van der Waals surface area contributed by atoms with E-state index in [4.69, 9.17) is 21.1 Å². The molecule has 0 saturated heterocycles. The average molecular weight is 550 g/mol. The van der Waals surface area contributed by atoms with Crippen LogP contribution < -0.4 is 9.47 Å². The molecule has 0 aliphatic heterocycles. The number of aromatic nitrogens is 2. The lowest BCUT2D eigenvalue weighted by Crippen LogP contribution is -2.19. The molecule has 4 aromatic carbocycles. The van der Waals surface area contributed by atoms with Crippen molar-refractivity contribution in [1.29, 1.82) is 0 Å². The van der Waals surface area contributed by atoms with Crippen LogP contribution in [0.4, 0.5) is 0 Å². The number of likely N-dealkylation sites (N-methyl/N-ethyl adjacent to an activating group) is 1. The fraction of sp³-hybridized carbons (Fsp3) is 0.207. The van der Waals surface area contributed by atoms with Crippen LogP contribution in [0.3, 0.4) is 0 Å². The first-order chi connectivity index (χ1) is 18.3. The molecule has 0 fully saturated rings. The molecule has 0 radical (unpaired) electrons. The molecule has 0 amide bonds. The van der Waals surface area contributed by atoms with Crippen LogP contribution in [0.15, 0.2) is 88.8 Å². The molecule has 0 atom stereocenters. The first kappa shape index (κ1) is 26.0. The molecule has 196 valence electrons. The van der Waals surface area contributed by atoms with Crippen LogP contribution in [0.5, 0.6) is 11.5 Å². The maximum atomic E-state index is 14.2. The average Bonchev–Trinajstić information content (AvgIpc) is 3.27. The number of methoxy groups -OCH3 is 1. The third-order valence-electron chi connectivity index (χ3n) is 6.30. The van der Waals surface area contributed by atoms with Crippen LogP contribution in [0.25, 0.3) is 21.7 Å². The fourth-order valence-electron chi connectivity index (χ4n) is 4.45. The lowest BCUT2D eigenvalue weighted by molar-refractivity contribution is 0.262. The van der Waals surface area contributed by atoms with E-state index in [2.05, 4.69) is 5.10 Å². The minimum atomic E-state index is -4.02. The Morgan fingerprint density at radius 3 is 2.47 bits per heavy atom. The van der Waals surface area contributed by atoms with E-state index in [1.54, 1.807) is 42.1 Å². The molecule has 0 aliphatic rings. The van der Waals surface area contributed by atoms with Crippen molar-refractivity contribution in [3.05, 3.63) is 89.4 Å². The summed E-state index contributed by atoms with van der Waals surface area (Å²) in [6, 6.07) is 23.6.